The van der Waals surface area contributed by atoms with Crippen LogP contribution in [0.15, 0.2) is 29.2 Å². The topological polar surface area (TPSA) is 64.6 Å². The molecule has 6 heteroatoms. The molecule has 1 aliphatic heterocycles. The standard InChI is InChI=1S/C17H25NO4S/c1-13-7-9-17(10-8-13)21-12-15(22-17)11-18-14-3-5-16(6-4-14)23(2,19)20/h3-6,13,15,18H,7-12H2,1-2H3. The van der Waals surface area contributed by atoms with Crippen molar-refractivity contribution in [3.05, 3.63) is 24.3 Å². The first-order valence-corrected chi connectivity index (χ1v) is 10.1. The van der Waals surface area contributed by atoms with Gasteiger partial charge in [-0.05, 0) is 43.0 Å². The Labute approximate surface area is 138 Å². The van der Waals surface area contributed by atoms with Crippen molar-refractivity contribution in [2.75, 3.05) is 24.7 Å². The fraction of sp³-hybridized carbons (Fsp3) is 0.647. The van der Waals surface area contributed by atoms with Gasteiger partial charge in [0.25, 0.3) is 0 Å². The molecule has 3 rings (SSSR count). The van der Waals surface area contributed by atoms with Crippen LogP contribution in [0.4, 0.5) is 5.69 Å². The predicted octanol–water partition coefficient (Wildman–Crippen LogP) is 2.82. The van der Waals surface area contributed by atoms with Crippen LogP contribution in [0.2, 0.25) is 0 Å². The maximum atomic E-state index is 11.4. The zero-order chi connectivity index (χ0) is 16.5. The van der Waals surface area contributed by atoms with Crippen molar-refractivity contribution in [3.63, 3.8) is 0 Å². The third-order valence-electron chi connectivity index (χ3n) is 4.77. The van der Waals surface area contributed by atoms with Gasteiger partial charge >= 0.3 is 0 Å². The third kappa shape index (κ3) is 4.05. The smallest absolute Gasteiger partial charge is 0.175 e. The van der Waals surface area contributed by atoms with Gasteiger partial charge in [0.15, 0.2) is 15.6 Å². The van der Waals surface area contributed by atoms with Crippen LogP contribution in [0, 0.1) is 5.92 Å². The normalized spacial score (nSPS) is 31.4. The lowest BCUT2D eigenvalue weighted by atomic mass is 9.86. The zero-order valence-electron chi connectivity index (χ0n) is 13.7. The molecule has 0 amide bonds. The van der Waals surface area contributed by atoms with Crippen molar-refractivity contribution >= 4 is 15.5 Å². The van der Waals surface area contributed by atoms with Gasteiger partial charge in [0.05, 0.1) is 11.5 Å². The van der Waals surface area contributed by atoms with E-state index in [1.807, 2.05) is 0 Å². The van der Waals surface area contributed by atoms with Gasteiger partial charge < -0.3 is 14.8 Å². The van der Waals surface area contributed by atoms with Crippen LogP contribution < -0.4 is 5.32 Å². The van der Waals surface area contributed by atoms with Crippen LogP contribution in [0.3, 0.4) is 0 Å². The van der Waals surface area contributed by atoms with E-state index in [0.717, 1.165) is 37.3 Å². The molecule has 1 heterocycles. The minimum Gasteiger partial charge on any atom is -0.382 e. The molecule has 2 fully saturated rings. The van der Waals surface area contributed by atoms with Gasteiger partial charge in [0.2, 0.25) is 0 Å². The molecule has 128 valence electrons. The van der Waals surface area contributed by atoms with E-state index in [2.05, 4.69) is 12.2 Å². The monoisotopic (exact) mass is 339 g/mol. The lowest BCUT2D eigenvalue weighted by molar-refractivity contribution is -0.190. The highest BCUT2D eigenvalue weighted by molar-refractivity contribution is 7.90. The quantitative estimate of drug-likeness (QED) is 0.914. The number of sulfone groups is 1. The molecule has 1 atom stereocenters. The molecular formula is C17H25NO4S. The Balaban J connectivity index is 1.52. The Morgan fingerprint density at radius 2 is 1.87 bits per heavy atom. The molecule has 1 N–H and O–H groups in total. The first-order chi connectivity index (χ1) is 10.9. The average molecular weight is 339 g/mol. The molecule has 1 unspecified atom stereocenters. The molecule has 2 aliphatic rings. The molecule has 1 saturated carbocycles. The van der Waals surface area contributed by atoms with Crippen LogP contribution >= 0.6 is 0 Å². The summed E-state index contributed by atoms with van der Waals surface area (Å²) in [7, 11) is -3.15. The molecule has 23 heavy (non-hydrogen) atoms. The maximum absolute atomic E-state index is 11.4. The van der Waals surface area contributed by atoms with E-state index in [9.17, 15) is 8.42 Å². The minimum absolute atomic E-state index is 0.0398. The van der Waals surface area contributed by atoms with Crippen molar-refractivity contribution in [1.29, 1.82) is 0 Å². The van der Waals surface area contributed by atoms with E-state index < -0.39 is 9.84 Å². The summed E-state index contributed by atoms with van der Waals surface area (Å²) in [5.41, 5.74) is 0.888. The lowest BCUT2D eigenvalue weighted by Crippen LogP contribution is -2.36. The molecular weight excluding hydrogens is 314 g/mol. The summed E-state index contributed by atoms with van der Waals surface area (Å²) in [6.45, 7) is 3.55. The second-order valence-corrected chi connectivity index (χ2v) is 8.84. The van der Waals surface area contributed by atoms with Gasteiger partial charge in [-0.1, -0.05) is 6.92 Å². The Morgan fingerprint density at radius 3 is 2.48 bits per heavy atom. The number of anilines is 1. The summed E-state index contributed by atoms with van der Waals surface area (Å²) in [5.74, 6) is 0.400. The van der Waals surface area contributed by atoms with E-state index in [-0.39, 0.29) is 11.9 Å². The fourth-order valence-electron chi connectivity index (χ4n) is 3.23. The number of hydrogen-bond acceptors (Lipinski definition) is 5. The highest BCUT2D eigenvalue weighted by Crippen LogP contribution is 2.39. The van der Waals surface area contributed by atoms with Gasteiger partial charge in [-0.3, -0.25) is 0 Å². The van der Waals surface area contributed by atoms with Crippen LogP contribution in [0.25, 0.3) is 0 Å². The van der Waals surface area contributed by atoms with E-state index >= 15 is 0 Å². The fourth-order valence-corrected chi connectivity index (χ4v) is 3.86. The molecule has 1 saturated heterocycles. The van der Waals surface area contributed by atoms with Crippen molar-refractivity contribution in [2.45, 2.75) is 49.4 Å². The SMILES string of the molecule is CC1CCC2(CC1)OCC(CNc1ccc(S(C)(=O)=O)cc1)O2. The Bertz CT molecular complexity index is 633. The van der Waals surface area contributed by atoms with E-state index in [1.165, 1.54) is 6.26 Å². The number of hydrogen-bond donors (Lipinski definition) is 1. The van der Waals surface area contributed by atoms with Gasteiger partial charge in [-0.15, -0.1) is 0 Å². The molecule has 5 nitrogen and oxygen atoms in total. The summed E-state index contributed by atoms with van der Waals surface area (Å²) < 4.78 is 35.0. The second-order valence-electron chi connectivity index (χ2n) is 6.82. The first-order valence-electron chi connectivity index (χ1n) is 8.22. The zero-order valence-corrected chi connectivity index (χ0v) is 14.6. The van der Waals surface area contributed by atoms with E-state index in [4.69, 9.17) is 9.47 Å². The van der Waals surface area contributed by atoms with Crippen LogP contribution in [0.1, 0.15) is 32.6 Å². The largest absolute Gasteiger partial charge is 0.382 e. The lowest BCUT2D eigenvalue weighted by Gasteiger charge is -2.34. The van der Waals surface area contributed by atoms with Gasteiger partial charge in [-0.2, -0.15) is 0 Å². The van der Waals surface area contributed by atoms with E-state index in [1.54, 1.807) is 24.3 Å². The molecule has 0 bridgehead atoms. The van der Waals surface area contributed by atoms with Crippen LogP contribution in [-0.4, -0.2) is 39.7 Å². The maximum Gasteiger partial charge on any atom is 0.175 e. The number of nitrogens with one attached hydrogen (secondary N) is 1. The van der Waals surface area contributed by atoms with Gasteiger partial charge in [-0.25, -0.2) is 8.42 Å². The second kappa shape index (κ2) is 6.42. The number of rotatable bonds is 4. The van der Waals surface area contributed by atoms with Crippen molar-refractivity contribution in [1.82, 2.24) is 0 Å². The Morgan fingerprint density at radius 1 is 1.22 bits per heavy atom. The Hall–Kier alpha value is -1.11. The molecule has 1 aliphatic carbocycles. The molecule has 1 aromatic rings. The summed E-state index contributed by atoms with van der Waals surface area (Å²) >= 11 is 0. The highest BCUT2D eigenvalue weighted by Gasteiger charge is 2.43. The van der Waals surface area contributed by atoms with Crippen LogP contribution in [-0.2, 0) is 19.3 Å². The van der Waals surface area contributed by atoms with Crippen molar-refractivity contribution in [3.8, 4) is 0 Å². The molecule has 0 radical (unpaired) electrons. The van der Waals surface area contributed by atoms with E-state index in [0.29, 0.717) is 18.0 Å². The molecule has 0 aromatic heterocycles. The number of benzene rings is 1. The average Bonchev–Trinajstić information content (AvgIpc) is 2.91. The number of ether oxygens (including phenoxy) is 2. The summed E-state index contributed by atoms with van der Waals surface area (Å²) in [6.07, 6.45) is 5.53. The summed E-state index contributed by atoms with van der Waals surface area (Å²) in [5, 5.41) is 3.30. The Kier molecular flexibility index (Phi) is 4.67. The van der Waals surface area contributed by atoms with Gasteiger partial charge in [0, 0.05) is 31.3 Å². The van der Waals surface area contributed by atoms with Crippen LogP contribution in [0.5, 0.6) is 0 Å². The van der Waals surface area contributed by atoms with Crippen molar-refractivity contribution < 1.29 is 17.9 Å². The molecule has 1 spiro atoms. The summed E-state index contributed by atoms with van der Waals surface area (Å²) in [6, 6.07) is 6.80. The third-order valence-corrected chi connectivity index (χ3v) is 5.89. The minimum atomic E-state index is -3.15. The van der Waals surface area contributed by atoms with Gasteiger partial charge in [0.1, 0.15) is 6.10 Å². The van der Waals surface area contributed by atoms with Crippen molar-refractivity contribution in [2.24, 2.45) is 5.92 Å². The first kappa shape index (κ1) is 16.7. The molecule has 1 aromatic carbocycles. The predicted molar refractivity (Wildman–Crippen MR) is 89.2 cm³/mol. The summed E-state index contributed by atoms with van der Waals surface area (Å²) in [4.78, 5) is 0.332. The highest BCUT2D eigenvalue weighted by atomic mass is 32.2.